The second-order valence-electron chi connectivity index (χ2n) is 4.96. The Morgan fingerprint density at radius 2 is 1.82 bits per heavy atom. The number of carbonyl (C=O) groups is 1. The van der Waals surface area contributed by atoms with Crippen molar-refractivity contribution in [1.82, 2.24) is 0 Å². The van der Waals surface area contributed by atoms with E-state index in [1.807, 2.05) is 39.8 Å². The minimum absolute atomic E-state index is 0.0477. The molecule has 1 aromatic rings. The molecule has 3 N–H and O–H groups in total. The highest BCUT2D eigenvalue weighted by molar-refractivity contribution is 9.10. The number of amides is 1. The number of anilines is 1. The van der Waals surface area contributed by atoms with Crippen LogP contribution >= 0.6 is 15.9 Å². The summed E-state index contributed by atoms with van der Waals surface area (Å²) in [6.45, 7) is 7.96. The maximum Gasteiger partial charge on any atom is 0.231 e. The van der Waals surface area contributed by atoms with E-state index in [1.165, 1.54) is 0 Å². The van der Waals surface area contributed by atoms with E-state index < -0.39 is 5.41 Å². The van der Waals surface area contributed by atoms with Crippen molar-refractivity contribution in [3.8, 4) is 0 Å². The average Bonchev–Trinajstić information content (AvgIpc) is 2.22. The third-order valence-electron chi connectivity index (χ3n) is 2.86. The molecule has 0 aliphatic carbocycles. The molecule has 0 radical (unpaired) electrons. The Labute approximate surface area is 111 Å². The maximum atomic E-state index is 12.1. The minimum Gasteiger partial charge on any atom is -0.329 e. The lowest BCUT2D eigenvalue weighted by molar-refractivity contribution is -0.123. The summed E-state index contributed by atoms with van der Waals surface area (Å²) in [4.78, 5) is 12.1. The van der Waals surface area contributed by atoms with Gasteiger partial charge in [-0.05, 0) is 51.0 Å². The zero-order chi connectivity index (χ0) is 13.2. The Morgan fingerprint density at radius 1 is 1.35 bits per heavy atom. The van der Waals surface area contributed by atoms with Crippen molar-refractivity contribution >= 4 is 27.5 Å². The van der Waals surface area contributed by atoms with Crippen LogP contribution in [-0.4, -0.2) is 12.5 Å². The van der Waals surface area contributed by atoms with Crippen LogP contribution in [0.15, 0.2) is 16.6 Å². The first-order chi connectivity index (χ1) is 7.77. The lowest BCUT2D eigenvalue weighted by Gasteiger charge is -2.23. The SMILES string of the molecule is Cc1cc(Br)cc(C)c1NC(=O)C(C)(C)CN. The van der Waals surface area contributed by atoms with E-state index in [4.69, 9.17) is 5.73 Å². The highest BCUT2D eigenvalue weighted by Crippen LogP contribution is 2.26. The number of carbonyl (C=O) groups excluding carboxylic acids is 1. The minimum atomic E-state index is -0.550. The first-order valence-corrected chi connectivity index (χ1v) is 6.35. The van der Waals surface area contributed by atoms with E-state index in [9.17, 15) is 4.79 Å². The van der Waals surface area contributed by atoms with E-state index in [0.29, 0.717) is 6.54 Å². The van der Waals surface area contributed by atoms with Gasteiger partial charge in [-0.2, -0.15) is 0 Å². The van der Waals surface area contributed by atoms with Gasteiger partial charge in [0.05, 0.1) is 5.41 Å². The van der Waals surface area contributed by atoms with Crippen LogP contribution in [0.2, 0.25) is 0 Å². The van der Waals surface area contributed by atoms with Gasteiger partial charge in [0.25, 0.3) is 0 Å². The molecule has 0 unspecified atom stereocenters. The standard InChI is InChI=1S/C13H19BrN2O/c1-8-5-10(14)6-9(2)11(8)16-12(17)13(3,4)7-15/h5-6H,7,15H2,1-4H3,(H,16,17). The molecule has 0 aliphatic heterocycles. The first kappa shape index (κ1) is 14.2. The fourth-order valence-corrected chi connectivity index (χ4v) is 2.17. The molecule has 0 spiro atoms. The highest BCUT2D eigenvalue weighted by atomic mass is 79.9. The molecule has 1 aromatic carbocycles. The molecule has 17 heavy (non-hydrogen) atoms. The number of nitrogens with two attached hydrogens (primary N) is 1. The van der Waals surface area contributed by atoms with Crippen molar-refractivity contribution in [2.45, 2.75) is 27.7 Å². The number of halogens is 1. The van der Waals surface area contributed by atoms with Crippen LogP contribution in [0, 0.1) is 19.3 Å². The van der Waals surface area contributed by atoms with E-state index in [2.05, 4.69) is 21.2 Å². The van der Waals surface area contributed by atoms with Crippen molar-refractivity contribution in [3.63, 3.8) is 0 Å². The van der Waals surface area contributed by atoms with Crippen molar-refractivity contribution < 1.29 is 4.79 Å². The largest absolute Gasteiger partial charge is 0.329 e. The lowest BCUT2D eigenvalue weighted by atomic mass is 9.92. The van der Waals surface area contributed by atoms with E-state index in [1.54, 1.807) is 0 Å². The Bertz CT molecular complexity index is 418. The van der Waals surface area contributed by atoms with Crippen LogP contribution in [0.5, 0.6) is 0 Å². The van der Waals surface area contributed by atoms with E-state index >= 15 is 0 Å². The quantitative estimate of drug-likeness (QED) is 0.901. The molecule has 0 saturated carbocycles. The van der Waals surface area contributed by atoms with Crippen molar-refractivity contribution in [2.75, 3.05) is 11.9 Å². The first-order valence-electron chi connectivity index (χ1n) is 5.56. The molecule has 4 heteroatoms. The molecule has 0 aromatic heterocycles. The molecule has 0 bridgehead atoms. The molecule has 0 aliphatic rings. The van der Waals surface area contributed by atoms with Crippen molar-refractivity contribution in [3.05, 3.63) is 27.7 Å². The Morgan fingerprint density at radius 3 is 2.24 bits per heavy atom. The monoisotopic (exact) mass is 298 g/mol. The smallest absolute Gasteiger partial charge is 0.231 e. The fraction of sp³-hybridized carbons (Fsp3) is 0.462. The summed E-state index contributed by atoms with van der Waals surface area (Å²) >= 11 is 3.43. The van der Waals surface area contributed by atoms with E-state index in [-0.39, 0.29) is 5.91 Å². The second kappa shape index (κ2) is 5.19. The molecule has 0 atom stereocenters. The molecule has 94 valence electrons. The van der Waals surface area contributed by atoms with Crippen LogP contribution in [0.4, 0.5) is 5.69 Å². The third kappa shape index (κ3) is 3.30. The molecular weight excluding hydrogens is 280 g/mol. The molecule has 1 rings (SSSR count). The zero-order valence-electron chi connectivity index (χ0n) is 10.7. The molecule has 0 heterocycles. The number of rotatable bonds is 3. The molecule has 1 amide bonds. The molecule has 0 saturated heterocycles. The van der Waals surface area contributed by atoms with Crippen LogP contribution in [0.25, 0.3) is 0 Å². The van der Waals surface area contributed by atoms with Gasteiger partial charge in [0.1, 0.15) is 0 Å². The summed E-state index contributed by atoms with van der Waals surface area (Å²) in [6, 6.07) is 3.97. The van der Waals surface area contributed by atoms with Gasteiger partial charge in [-0.25, -0.2) is 0 Å². The van der Waals surface area contributed by atoms with Crippen molar-refractivity contribution in [2.24, 2.45) is 11.1 Å². The third-order valence-corrected chi connectivity index (χ3v) is 3.32. The second-order valence-corrected chi connectivity index (χ2v) is 5.87. The topological polar surface area (TPSA) is 55.1 Å². The summed E-state index contributed by atoms with van der Waals surface area (Å²) in [5, 5.41) is 2.96. The lowest BCUT2D eigenvalue weighted by Crippen LogP contribution is -2.37. The number of hydrogen-bond acceptors (Lipinski definition) is 2. The van der Waals surface area contributed by atoms with Crippen molar-refractivity contribution in [1.29, 1.82) is 0 Å². The molecule has 0 fully saturated rings. The normalized spacial score (nSPS) is 11.4. The van der Waals surface area contributed by atoms with Gasteiger partial charge in [-0.3, -0.25) is 4.79 Å². The Kier molecular flexibility index (Phi) is 4.33. The Balaban J connectivity index is 3.01. The number of aryl methyl sites for hydroxylation is 2. The highest BCUT2D eigenvalue weighted by Gasteiger charge is 2.26. The fourth-order valence-electron chi connectivity index (χ4n) is 1.48. The van der Waals surface area contributed by atoms with Gasteiger partial charge in [0.2, 0.25) is 5.91 Å². The van der Waals surface area contributed by atoms with Gasteiger partial charge < -0.3 is 11.1 Å². The summed E-state index contributed by atoms with van der Waals surface area (Å²) in [5.74, 6) is -0.0477. The van der Waals surface area contributed by atoms with Gasteiger partial charge in [0.15, 0.2) is 0 Å². The number of benzene rings is 1. The number of hydrogen-bond donors (Lipinski definition) is 2. The predicted molar refractivity (Wildman–Crippen MR) is 75.1 cm³/mol. The summed E-state index contributed by atoms with van der Waals surface area (Å²) in [5.41, 5.74) is 8.00. The average molecular weight is 299 g/mol. The summed E-state index contributed by atoms with van der Waals surface area (Å²) < 4.78 is 1.02. The van der Waals surface area contributed by atoms with Crippen LogP contribution in [-0.2, 0) is 4.79 Å². The van der Waals surface area contributed by atoms with Crippen LogP contribution in [0.3, 0.4) is 0 Å². The van der Waals surface area contributed by atoms with Gasteiger partial charge in [0, 0.05) is 16.7 Å². The maximum absolute atomic E-state index is 12.1. The zero-order valence-corrected chi connectivity index (χ0v) is 12.3. The molecule has 3 nitrogen and oxygen atoms in total. The van der Waals surface area contributed by atoms with Crippen LogP contribution in [0.1, 0.15) is 25.0 Å². The predicted octanol–water partition coefficient (Wildman–Crippen LogP) is 2.99. The van der Waals surface area contributed by atoms with Gasteiger partial charge >= 0.3 is 0 Å². The van der Waals surface area contributed by atoms with E-state index in [0.717, 1.165) is 21.3 Å². The molecular formula is C13H19BrN2O. The summed E-state index contributed by atoms with van der Waals surface area (Å²) in [7, 11) is 0. The summed E-state index contributed by atoms with van der Waals surface area (Å²) in [6.07, 6.45) is 0. The Hall–Kier alpha value is -0.870. The number of nitrogens with one attached hydrogen (secondary N) is 1. The van der Waals surface area contributed by atoms with Gasteiger partial charge in [-0.1, -0.05) is 15.9 Å². The van der Waals surface area contributed by atoms with Gasteiger partial charge in [-0.15, -0.1) is 0 Å². The van der Waals surface area contributed by atoms with Crippen LogP contribution < -0.4 is 11.1 Å².